The van der Waals surface area contributed by atoms with Crippen molar-refractivity contribution in [2.75, 3.05) is 0 Å². The van der Waals surface area contributed by atoms with Crippen LogP contribution in [0.1, 0.15) is 42.7 Å². The Hall–Kier alpha value is -2.51. The van der Waals surface area contributed by atoms with Crippen LogP contribution in [0.15, 0.2) is 12.5 Å². The molecule has 1 unspecified atom stereocenters. The molecular formula is C13H17N5O3. The van der Waals surface area contributed by atoms with Crippen molar-refractivity contribution in [3.05, 3.63) is 23.8 Å². The predicted octanol–water partition coefficient (Wildman–Crippen LogP) is 0.670. The summed E-state index contributed by atoms with van der Waals surface area (Å²) in [6.07, 6.45) is 4.36. The lowest BCUT2D eigenvalue weighted by atomic mass is 10.1. The number of rotatable bonds is 6. The summed E-state index contributed by atoms with van der Waals surface area (Å²) in [5, 5.41) is 15.7. The van der Waals surface area contributed by atoms with Crippen LogP contribution in [0.4, 0.5) is 0 Å². The SMILES string of the molecule is CCCC(NC(=O)c1cnc2ncnn2c1CC)C(=O)O. The number of amides is 1. The summed E-state index contributed by atoms with van der Waals surface area (Å²) in [4.78, 5) is 31.4. The Morgan fingerprint density at radius 2 is 2.14 bits per heavy atom. The highest BCUT2D eigenvalue weighted by Crippen LogP contribution is 2.10. The summed E-state index contributed by atoms with van der Waals surface area (Å²) >= 11 is 0. The number of carboxylic acid groups (broad SMARTS) is 1. The molecule has 112 valence electrons. The molecule has 0 bridgehead atoms. The van der Waals surface area contributed by atoms with Crippen molar-refractivity contribution in [3.8, 4) is 0 Å². The number of nitrogens with zero attached hydrogens (tertiary/aromatic N) is 4. The summed E-state index contributed by atoms with van der Waals surface area (Å²) < 4.78 is 1.49. The van der Waals surface area contributed by atoms with Gasteiger partial charge in [-0.2, -0.15) is 10.1 Å². The number of carbonyl (C=O) groups is 2. The molecular weight excluding hydrogens is 274 g/mol. The molecule has 1 atom stereocenters. The molecule has 0 saturated carbocycles. The maximum absolute atomic E-state index is 12.3. The predicted molar refractivity (Wildman–Crippen MR) is 74.0 cm³/mol. The molecule has 2 rings (SSSR count). The first kappa shape index (κ1) is 14.9. The zero-order chi connectivity index (χ0) is 15.4. The van der Waals surface area contributed by atoms with Gasteiger partial charge in [0.1, 0.15) is 12.4 Å². The van der Waals surface area contributed by atoms with E-state index < -0.39 is 17.9 Å². The minimum atomic E-state index is -1.04. The van der Waals surface area contributed by atoms with E-state index in [9.17, 15) is 9.59 Å². The molecule has 0 aliphatic heterocycles. The largest absolute Gasteiger partial charge is 0.480 e. The monoisotopic (exact) mass is 291 g/mol. The van der Waals surface area contributed by atoms with Gasteiger partial charge < -0.3 is 10.4 Å². The van der Waals surface area contributed by atoms with Crippen LogP contribution in [-0.4, -0.2) is 42.6 Å². The number of carboxylic acids is 1. The van der Waals surface area contributed by atoms with E-state index in [1.165, 1.54) is 17.0 Å². The smallest absolute Gasteiger partial charge is 0.326 e. The first-order valence-electron chi connectivity index (χ1n) is 6.79. The summed E-state index contributed by atoms with van der Waals surface area (Å²) in [7, 11) is 0. The lowest BCUT2D eigenvalue weighted by Crippen LogP contribution is -2.41. The Kier molecular flexibility index (Phi) is 4.46. The number of aryl methyl sites for hydroxylation is 1. The number of aliphatic carboxylic acids is 1. The molecule has 1 amide bonds. The van der Waals surface area contributed by atoms with E-state index in [1.54, 1.807) is 0 Å². The van der Waals surface area contributed by atoms with Crippen LogP contribution in [0, 0.1) is 0 Å². The van der Waals surface area contributed by atoms with E-state index in [-0.39, 0.29) is 0 Å². The maximum atomic E-state index is 12.3. The van der Waals surface area contributed by atoms with Gasteiger partial charge in [-0.15, -0.1) is 0 Å². The second-order valence-electron chi connectivity index (χ2n) is 4.60. The van der Waals surface area contributed by atoms with Crippen molar-refractivity contribution in [1.29, 1.82) is 0 Å². The Morgan fingerprint density at radius 1 is 1.38 bits per heavy atom. The molecule has 0 spiro atoms. The number of hydrogen-bond donors (Lipinski definition) is 2. The van der Waals surface area contributed by atoms with Crippen LogP contribution in [-0.2, 0) is 11.2 Å². The van der Waals surface area contributed by atoms with Gasteiger partial charge in [-0.1, -0.05) is 20.3 Å². The third-order valence-corrected chi connectivity index (χ3v) is 3.17. The van der Waals surface area contributed by atoms with Gasteiger partial charge in [-0.05, 0) is 12.8 Å². The highest BCUT2D eigenvalue weighted by Gasteiger charge is 2.22. The standard InChI is InChI=1S/C13H17N5O3/c1-3-5-9(12(20)21)17-11(19)8-6-14-13-15-7-16-18(13)10(8)4-2/h6-7,9H,3-5H2,1-2H3,(H,17,19)(H,20,21). The zero-order valence-corrected chi connectivity index (χ0v) is 11.9. The highest BCUT2D eigenvalue weighted by atomic mass is 16.4. The van der Waals surface area contributed by atoms with E-state index in [0.717, 1.165) is 0 Å². The molecule has 0 aliphatic rings. The summed E-state index contributed by atoms with van der Waals surface area (Å²) in [6, 6.07) is -0.904. The summed E-state index contributed by atoms with van der Waals surface area (Å²) in [5.41, 5.74) is 0.966. The maximum Gasteiger partial charge on any atom is 0.326 e. The fourth-order valence-corrected chi connectivity index (χ4v) is 2.14. The fourth-order valence-electron chi connectivity index (χ4n) is 2.14. The van der Waals surface area contributed by atoms with Crippen molar-refractivity contribution < 1.29 is 14.7 Å². The van der Waals surface area contributed by atoms with Gasteiger partial charge in [-0.3, -0.25) is 4.79 Å². The summed E-state index contributed by atoms with van der Waals surface area (Å²) in [6.45, 7) is 3.75. The minimum absolute atomic E-state index is 0.317. The van der Waals surface area contributed by atoms with Gasteiger partial charge >= 0.3 is 5.97 Å². The van der Waals surface area contributed by atoms with Crippen molar-refractivity contribution >= 4 is 17.7 Å². The van der Waals surface area contributed by atoms with Gasteiger partial charge in [0.25, 0.3) is 11.7 Å². The van der Waals surface area contributed by atoms with E-state index >= 15 is 0 Å². The van der Waals surface area contributed by atoms with Crippen molar-refractivity contribution in [2.24, 2.45) is 0 Å². The second-order valence-corrected chi connectivity index (χ2v) is 4.60. The second kappa shape index (κ2) is 6.29. The Bertz CT molecular complexity index is 667. The number of fused-ring (bicyclic) bond motifs is 1. The Morgan fingerprint density at radius 3 is 2.76 bits per heavy atom. The molecule has 0 aromatic carbocycles. The molecule has 0 aliphatic carbocycles. The number of hydrogen-bond acceptors (Lipinski definition) is 5. The van der Waals surface area contributed by atoms with Crippen LogP contribution in [0.3, 0.4) is 0 Å². The van der Waals surface area contributed by atoms with Gasteiger partial charge in [0.2, 0.25) is 0 Å². The van der Waals surface area contributed by atoms with Gasteiger partial charge in [-0.25, -0.2) is 14.3 Å². The lowest BCUT2D eigenvalue weighted by Gasteiger charge is -2.15. The third kappa shape index (κ3) is 2.99. The van der Waals surface area contributed by atoms with E-state index in [2.05, 4.69) is 20.4 Å². The fraction of sp³-hybridized carbons (Fsp3) is 0.462. The molecule has 0 saturated heterocycles. The first-order chi connectivity index (χ1) is 10.1. The van der Waals surface area contributed by atoms with Crippen LogP contribution in [0.2, 0.25) is 0 Å². The number of carbonyl (C=O) groups excluding carboxylic acids is 1. The van der Waals surface area contributed by atoms with E-state index in [0.29, 0.717) is 36.3 Å². The van der Waals surface area contributed by atoms with Gasteiger partial charge in [0.05, 0.1) is 11.3 Å². The van der Waals surface area contributed by atoms with Crippen LogP contribution < -0.4 is 5.32 Å². The van der Waals surface area contributed by atoms with Crippen molar-refractivity contribution in [2.45, 2.75) is 39.2 Å². The summed E-state index contributed by atoms with van der Waals surface area (Å²) in [5.74, 6) is -1.10. The average molecular weight is 291 g/mol. The van der Waals surface area contributed by atoms with Gasteiger partial charge in [0.15, 0.2) is 0 Å². The minimum Gasteiger partial charge on any atom is -0.480 e. The average Bonchev–Trinajstić information content (AvgIpc) is 2.93. The lowest BCUT2D eigenvalue weighted by molar-refractivity contribution is -0.139. The molecule has 0 radical (unpaired) electrons. The Balaban J connectivity index is 2.32. The molecule has 21 heavy (non-hydrogen) atoms. The molecule has 0 fully saturated rings. The molecule has 2 aromatic rings. The number of nitrogens with one attached hydrogen (secondary N) is 1. The zero-order valence-electron chi connectivity index (χ0n) is 11.9. The van der Waals surface area contributed by atoms with E-state index in [1.807, 2.05) is 13.8 Å². The normalized spacial score (nSPS) is 12.3. The number of aromatic nitrogens is 4. The third-order valence-electron chi connectivity index (χ3n) is 3.17. The molecule has 8 heteroatoms. The topological polar surface area (TPSA) is 109 Å². The first-order valence-corrected chi connectivity index (χ1v) is 6.79. The van der Waals surface area contributed by atoms with E-state index in [4.69, 9.17) is 5.11 Å². The molecule has 8 nitrogen and oxygen atoms in total. The molecule has 2 aromatic heterocycles. The Labute approximate surface area is 121 Å². The molecule has 2 N–H and O–H groups in total. The highest BCUT2D eigenvalue weighted by molar-refractivity contribution is 5.97. The quantitative estimate of drug-likeness (QED) is 0.809. The van der Waals surface area contributed by atoms with Gasteiger partial charge in [0, 0.05) is 6.20 Å². The van der Waals surface area contributed by atoms with Crippen molar-refractivity contribution in [1.82, 2.24) is 24.9 Å². The molecule has 2 heterocycles. The van der Waals surface area contributed by atoms with Crippen LogP contribution >= 0.6 is 0 Å². The van der Waals surface area contributed by atoms with Crippen LogP contribution in [0.5, 0.6) is 0 Å². The van der Waals surface area contributed by atoms with Crippen LogP contribution in [0.25, 0.3) is 5.78 Å². The van der Waals surface area contributed by atoms with Crippen molar-refractivity contribution in [3.63, 3.8) is 0 Å².